The molecule has 1 aromatic heterocycles. The fourth-order valence-electron chi connectivity index (χ4n) is 2.38. The molecule has 168 valence electrons. The summed E-state index contributed by atoms with van der Waals surface area (Å²) in [6.07, 6.45) is 0. The Hall–Kier alpha value is -3.51. The highest BCUT2D eigenvalue weighted by Crippen LogP contribution is 2.18. The van der Waals surface area contributed by atoms with E-state index in [1.165, 1.54) is 5.56 Å². The second-order valence-corrected chi connectivity index (χ2v) is 6.75. The van der Waals surface area contributed by atoms with Crippen LogP contribution in [0.1, 0.15) is 28.5 Å². The van der Waals surface area contributed by atoms with E-state index in [1.54, 1.807) is 6.07 Å². The predicted octanol–water partition coefficient (Wildman–Crippen LogP) is 4.80. The summed E-state index contributed by atoms with van der Waals surface area (Å²) in [5.41, 5.74) is 9.11. The first-order chi connectivity index (χ1) is 14.5. The van der Waals surface area contributed by atoms with Gasteiger partial charge in [-0.3, -0.25) is 4.79 Å². The number of hydrogen-bond acceptors (Lipinski definition) is 5. The van der Waals surface area contributed by atoms with Crippen molar-refractivity contribution in [3.63, 3.8) is 0 Å². The van der Waals surface area contributed by atoms with Gasteiger partial charge in [-0.05, 0) is 19.4 Å². The summed E-state index contributed by atoms with van der Waals surface area (Å²) >= 11 is 0. The van der Waals surface area contributed by atoms with Gasteiger partial charge in [0.05, 0.1) is 0 Å². The average molecular weight is 425 g/mol. The molecule has 1 heterocycles. The van der Waals surface area contributed by atoms with Crippen molar-refractivity contribution in [2.75, 3.05) is 13.2 Å². The summed E-state index contributed by atoms with van der Waals surface area (Å²) in [6.45, 7) is 8.44. The molecular formula is C25H36N4O2. The minimum atomic E-state index is -0.208. The number of rotatable bonds is 7. The average Bonchev–Trinajstić information content (AvgIpc) is 2.77. The molecule has 6 nitrogen and oxygen atoms in total. The van der Waals surface area contributed by atoms with Crippen LogP contribution >= 0.6 is 0 Å². The number of benzene rings is 2. The first-order valence-electron chi connectivity index (χ1n) is 9.67. The largest absolute Gasteiger partial charge is 0.467 e. The Labute approximate surface area is 188 Å². The monoisotopic (exact) mass is 424 g/mol. The van der Waals surface area contributed by atoms with E-state index < -0.39 is 0 Å². The summed E-state index contributed by atoms with van der Waals surface area (Å²) in [5, 5.41) is 2.71. The number of ether oxygens (including phenoxy) is 1. The van der Waals surface area contributed by atoms with Crippen LogP contribution in [0.15, 0.2) is 78.9 Å². The molecule has 3 rings (SSSR count). The number of amides is 1. The zero-order valence-corrected chi connectivity index (χ0v) is 17.5. The van der Waals surface area contributed by atoms with Crippen LogP contribution in [-0.2, 0) is 11.3 Å². The number of carbonyl (C=O) groups is 1. The Balaban J connectivity index is 0. The third kappa shape index (κ3) is 9.69. The van der Waals surface area contributed by atoms with Crippen molar-refractivity contribution in [2.24, 2.45) is 5.73 Å². The molecule has 0 aliphatic heterocycles. The Bertz CT molecular complexity index is 955. The first kappa shape index (κ1) is 25.5. The summed E-state index contributed by atoms with van der Waals surface area (Å²) < 4.78 is 5.45. The molecule has 2 aromatic carbocycles. The van der Waals surface area contributed by atoms with Gasteiger partial charge in [0.1, 0.15) is 0 Å². The minimum Gasteiger partial charge on any atom is -0.467 e. The maximum absolute atomic E-state index is 11.6. The van der Waals surface area contributed by atoms with Gasteiger partial charge in [-0.1, -0.05) is 80.2 Å². The van der Waals surface area contributed by atoms with Gasteiger partial charge >= 0.3 is 0 Å². The molecule has 0 saturated carbocycles. The van der Waals surface area contributed by atoms with Gasteiger partial charge in [0.15, 0.2) is 12.4 Å². The van der Waals surface area contributed by atoms with Crippen molar-refractivity contribution >= 4 is 5.91 Å². The van der Waals surface area contributed by atoms with E-state index in [-0.39, 0.29) is 22.8 Å². The zero-order valence-electron chi connectivity index (χ0n) is 17.5. The highest BCUT2D eigenvalue weighted by Gasteiger charge is 2.08. The van der Waals surface area contributed by atoms with Gasteiger partial charge in [0.2, 0.25) is 5.88 Å². The molecule has 0 radical (unpaired) electrons. The molecule has 0 bridgehead atoms. The molecule has 0 atom stereocenters. The van der Waals surface area contributed by atoms with Crippen molar-refractivity contribution in [3.05, 3.63) is 90.1 Å². The summed E-state index contributed by atoms with van der Waals surface area (Å²) in [4.78, 5) is 20.4. The molecule has 0 saturated heterocycles. The maximum atomic E-state index is 11.6. The third-order valence-corrected chi connectivity index (χ3v) is 3.88. The molecule has 0 aliphatic rings. The minimum absolute atomic E-state index is 0. The molecule has 0 fully saturated rings. The van der Waals surface area contributed by atoms with Gasteiger partial charge in [-0.2, -0.15) is 4.98 Å². The number of aromatic nitrogens is 2. The summed E-state index contributed by atoms with van der Waals surface area (Å²) in [6, 6.07) is 21.3. The highest BCUT2D eigenvalue weighted by atomic mass is 16.5. The second kappa shape index (κ2) is 13.7. The summed E-state index contributed by atoms with van der Waals surface area (Å²) in [7, 11) is 0. The number of nitrogens with zero attached hydrogens (tertiary/aromatic N) is 2. The zero-order chi connectivity index (χ0) is 21.8. The lowest BCUT2D eigenvalue weighted by Gasteiger charge is -2.09. The molecule has 3 aromatic rings. The van der Waals surface area contributed by atoms with Gasteiger partial charge in [0.25, 0.3) is 5.91 Å². The van der Waals surface area contributed by atoms with Crippen molar-refractivity contribution < 1.29 is 12.4 Å². The quantitative estimate of drug-likeness (QED) is 0.532. The van der Waals surface area contributed by atoms with E-state index in [2.05, 4.69) is 21.9 Å². The fraction of sp³-hybridized carbons (Fsp3) is 0.240. The number of nitrogens with one attached hydrogen (secondary N) is 1. The smallest absolute Gasteiger partial charge is 0.258 e. The molecule has 0 spiro atoms. The van der Waals surface area contributed by atoms with Crippen LogP contribution in [0.3, 0.4) is 0 Å². The normalized spacial score (nSPS) is 9.52. The van der Waals surface area contributed by atoms with Crippen LogP contribution < -0.4 is 15.8 Å². The van der Waals surface area contributed by atoms with Crippen molar-refractivity contribution in [1.29, 1.82) is 0 Å². The fourth-order valence-corrected chi connectivity index (χ4v) is 2.38. The third-order valence-electron chi connectivity index (χ3n) is 3.88. The van der Waals surface area contributed by atoms with Crippen LogP contribution in [0.5, 0.6) is 5.88 Å². The standard InChI is InChI=1S/C17H19N3O2.C7H9N.CH4.2H2/c1-12(2)10-18-15(21)11-22-16-9-13(3)19-17(20-16)14-7-5-4-6-8-14;8-6-7-4-2-1-3-5-7;;;/h4-9H,1,10-11H2,2-3H3,(H,18,21);1-5H,6,8H2;1H4;2*1H. The topological polar surface area (TPSA) is 90.1 Å². The van der Waals surface area contributed by atoms with Gasteiger partial charge in [-0.25, -0.2) is 4.98 Å². The lowest BCUT2D eigenvalue weighted by molar-refractivity contribution is -0.123. The number of carbonyl (C=O) groups excluding carboxylic acids is 1. The van der Waals surface area contributed by atoms with E-state index in [1.807, 2.05) is 74.5 Å². The predicted molar refractivity (Wildman–Crippen MR) is 131 cm³/mol. The van der Waals surface area contributed by atoms with Gasteiger partial charge < -0.3 is 15.8 Å². The maximum Gasteiger partial charge on any atom is 0.258 e. The van der Waals surface area contributed by atoms with Crippen molar-refractivity contribution in [3.8, 4) is 17.3 Å². The van der Waals surface area contributed by atoms with E-state index in [4.69, 9.17) is 10.5 Å². The molecular weight excluding hydrogens is 388 g/mol. The Kier molecular flexibility index (Phi) is 11.3. The molecule has 3 N–H and O–H groups in total. The van der Waals surface area contributed by atoms with Crippen molar-refractivity contribution in [1.82, 2.24) is 15.3 Å². The molecule has 0 unspecified atom stereocenters. The van der Waals surface area contributed by atoms with E-state index in [0.717, 1.165) is 16.8 Å². The van der Waals surface area contributed by atoms with E-state index in [9.17, 15) is 4.79 Å². The Morgan fingerprint density at radius 3 is 2.26 bits per heavy atom. The number of aryl methyl sites for hydroxylation is 1. The molecule has 6 heteroatoms. The van der Waals surface area contributed by atoms with Crippen LogP contribution in [-0.4, -0.2) is 29.0 Å². The lowest BCUT2D eigenvalue weighted by atomic mass is 10.2. The molecule has 1 amide bonds. The number of hydrogen-bond donors (Lipinski definition) is 2. The molecule has 0 aliphatic carbocycles. The highest BCUT2D eigenvalue weighted by molar-refractivity contribution is 5.77. The van der Waals surface area contributed by atoms with Crippen LogP contribution in [0, 0.1) is 6.92 Å². The molecule has 31 heavy (non-hydrogen) atoms. The van der Waals surface area contributed by atoms with E-state index >= 15 is 0 Å². The second-order valence-electron chi connectivity index (χ2n) is 6.75. The Morgan fingerprint density at radius 2 is 1.71 bits per heavy atom. The lowest BCUT2D eigenvalue weighted by Crippen LogP contribution is -2.30. The van der Waals surface area contributed by atoms with Gasteiger partial charge in [-0.15, -0.1) is 0 Å². The Morgan fingerprint density at radius 1 is 1.10 bits per heavy atom. The van der Waals surface area contributed by atoms with Crippen molar-refractivity contribution in [2.45, 2.75) is 27.8 Å². The van der Waals surface area contributed by atoms with Crippen LogP contribution in [0.2, 0.25) is 0 Å². The first-order valence-corrected chi connectivity index (χ1v) is 9.67. The van der Waals surface area contributed by atoms with Gasteiger partial charge in [0, 0.05) is 33.3 Å². The summed E-state index contributed by atoms with van der Waals surface area (Å²) in [5.74, 6) is 0.760. The van der Waals surface area contributed by atoms with Crippen LogP contribution in [0.25, 0.3) is 11.4 Å². The van der Waals surface area contributed by atoms with E-state index in [0.29, 0.717) is 24.8 Å². The SMILES string of the molecule is C.C=C(C)CNC(=O)COc1cc(C)nc(-c2ccccc2)n1.NCc1ccccc1.[HH].[HH]. The number of nitrogens with two attached hydrogens (primary N) is 1. The van der Waals surface area contributed by atoms with Crippen LogP contribution in [0.4, 0.5) is 0 Å².